The maximum Gasteiger partial charge on any atom is 0.255 e. The average molecular weight is 432 g/mol. The zero-order valence-electron chi connectivity index (χ0n) is 19.5. The van der Waals surface area contributed by atoms with E-state index in [9.17, 15) is 4.79 Å². The number of ether oxygens (including phenoxy) is 2. The molecular formula is C28H33NO3. The monoisotopic (exact) mass is 431 g/mol. The Morgan fingerprint density at radius 2 is 1.72 bits per heavy atom. The summed E-state index contributed by atoms with van der Waals surface area (Å²) >= 11 is 0. The van der Waals surface area contributed by atoms with Gasteiger partial charge in [-0.3, -0.25) is 4.79 Å². The molecule has 0 spiro atoms. The third-order valence-corrected chi connectivity index (χ3v) is 5.50. The summed E-state index contributed by atoms with van der Waals surface area (Å²) in [6, 6.07) is 21.5. The molecule has 0 heterocycles. The summed E-state index contributed by atoms with van der Waals surface area (Å²) in [5.41, 5.74) is 4.62. The van der Waals surface area contributed by atoms with Crippen molar-refractivity contribution in [1.82, 2.24) is 0 Å². The van der Waals surface area contributed by atoms with E-state index in [1.54, 1.807) is 13.2 Å². The largest absolute Gasteiger partial charge is 0.496 e. The van der Waals surface area contributed by atoms with Crippen molar-refractivity contribution in [2.75, 3.05) is 12.4 Å². The van der Waals surface area contributed by atoms with Crippen molar-refractivity contribution in [2.45, 2.75) is 52.6 Å². The van der Waals surface area contributed by atoms with E-state index < -0.39 is 0 Å². The van der Waals surface area contributed by atoms with Crippen molar-refractivity contribution >= 4 is 11.6 Å². The second-order valence-corrected chi connectivity index (χ2v) is 8.26. The number of carbonyl (C=O) groups excluding carboxylic acids is 1. The molecule has 0 radical (unpaired) electrons. The Hall–Kier alpha value is -3.27. The van der Waals surface area contributed by atoms with Gasteiger partial charge in [0.2, 0.25) is 0 Å². The van der Waals surface area contributed by atoms with Crippen LogP contribution in [0.1, 0.15) is 66.6 Å². The molecular weight excluding hydrogens is 398 g/mol. The number of para-hydroxylation sites is 1. The lowest BCUT2D eigenvalue weighted by molar-refractivity contribution is 0.102. The van der Waals surface area contributed by atoms with Crippen LogP contribution in [-0.4, -0.2) is 13.0 Å². The van der Waals surface area contributed by atoms with Crippen molar-refractivity contribution < 1.29 is 14.3 Å². The third-order valence-electron chi connectivity index (χ3n) is 5.50. The first-order valence-electron chi connectivity index (χ1n) is 11.3. The number of nitrogens with one attached hydrogen (secondary N) is 1. The van der Waals surface area contributed by atoms with Crippen molar-refractivity contribution in [3.8, 4) is 11.5 Å². The molecule has 4 nitrogen and oxygen atoms in total. The fraction of sp³-hybridized carbons (Fsp3) is 0.321. The standard InChI is InChI=1S/C28H33NO3/c1-5-6-9-21-12-15-24(16-13-21)29-28(30)22-14-17-26(31-4)23(18-22)19-32-27-11-8-7-10-25(27)20(2)3/h7-8,10-18,20H,5-6,9,19H2,1-4H3,(H,29,30). The highest BCUT2D eigenvalue weighted by Gasteiger charge is 2.13. The predicted molar refractivity (Wildman–Crippen MR) is 131 cm³/mol. The molecule has 0 saturated carbocycles. The zero-order chi connectivity index (χ0) is 22.9. The molecule has 0 aromatic heterocycles. The van der Waals surface area contributed by atoms with E-state index in [2.05, 4.69) is 44.3 Å². The molecule has 0 aliphatic carbocycles. The van der Waals surface area contributed by atoms with E-state index in [1.807, 2.05) is 42.5 Å². The molecule has 32 heavy (non-hydrogen) atoms. The Kier molecular flexibility index (Phi) is 8.32. The van der Waals surface area contributed by atoms with Crippen LogP contribution in [0.15, 0.2) is 66.7 Å². The average Bonchev–Trinajstić information content (AvgIpc) is 2.82. The van der Waals surface area contributed by atoms with Crippen molar-refractivity contribution in [2.24, 2.45) is 0 Å². The lowest BCUT2D eigenvalue weighted by Crippen LogP contribution is -2.13. The Balaban J connectivity index is 1.72. The normalized spacial score (nSPS) is 10.8. The SMILES string of the molecule is CCCCc1ccc(NC(=O)c2ccc(OC)c(COc3ccccc3C(C)C)c2)cc1. The Bertz CT molecular complexity index is 1030. The number of aryl methyl sites for hydroxylation is 1. The summed E-state index contributed by atoms with van der Waals surface area (Å²) in [5, 5.41) is 2.98. The highest BCUT2D eigenvalue weighted by molar-refractivity contribution is 6.04. The van der Waals surface area contributed by atoms with Crippen LogP contribution in [-0.2, 0) is 13.0 Å². The molecule has 3 rings (SSSR count). The van der Waals surface area contributed by atoms with Gasteiger partial charge in [0.1, 0.15) is 18.1 Å². The van der Waals surface area contributed by atoms with Gasteiger partial charge in [-0.15, -0.1) is 0 Å². The summed E-state index contributed by atoms with van der Waals surface area (Å²) in [5.74, 6) is 1.75. The molecule has 0 bridgehead atoms. The van der Waals surface area contributed by atoms with Crippen molar-refractivity contribution in [1.29, 1.82) is 0 Å². The van der Waals surface area contributed by atoms with Crippen LogP contribution in [0.2, 0.25) is 0 Å². The van der Waals surface area contributed by atoms with E-state index in [1.165, 1.54) is 18.4 Å². The molecule has 0 aliphatic rings. The minimum Gasteiger partial charge on any atom is -0.496 e. The van der Waals surface area contributed by atoms with Crippen LogP contribution >= 0.6 is 0 Å². The summed E-state index contributed by atoms with van der Waals surface area (Å²) in [6.45, 7) is 6.79. The Morgan fingerprint density at radius 1 is 0.969 bits per heavy atom. The molecule has 3 aromatic rings. The van der Waals surface area contributed by atoms with Gasteiger partial charge in [0.15, 0.2) is 0 Å². The van der Waals surface area contributed by atoms with Crippen LogP contribution < -0.4 is 14.8 Å². The third kappa shape index (κ3) is 6.13. The molecule has 1 amide bonds. The topological polar surface area (TPSA) is 47.6 Å². The number of hydrogen-bond donors (Lipinski definition) is 1. The molecule has 0 saturated heterocycles. The van der Waals surface area contributed by atoms with Gasteiger partial charge in [-0.25, -0.2) is 0 Å². The van der Waals surface area contributed by atoms with Gasteiger partial charge in [0, 0.05) is 16.8 Å². The van der Waals surface area contributed by atoms with E-state index >= 15 is 0 Å². The fourth-order valence-corrected chi connectivity index (χ4v) is 3.62. The number of hydrogen-bond acceptors (Lipinski definition) is 3. The molecule has 0 atom stereocenters. The highest BCUT2D eigenvalue weighted by Crippen LogP contribution is 2.28. The molecule has 0 unspecified atom stereocenters. The van der Waals surface area contributed by atoms with E-state index in [-0.39, 0.29) is 5.91 Å². The summed E-state index contributed by atoms with van der Waals surface area (Å²) < 4.78 is 11.6. The van der Waals surface area contributed by atoms with Crippen LogP contribution in [0.4, 0.5) is 5.69 Å². The van der Waals surface area contributed by atoms with E-state index in [0.29, 0.717) is 23.8 Å². The van der Waals surface area contributed by atoms with Gasteiger partial charge in [0.25, 0.3) is 5.91 Å². The van der Waals surface area contributed by atoms with Gasteiger partial charge in [-0.1, -0.05) is 57.5 Å². The van der Waals surface area contributed by atoms with Gasteiger partial charge in [-0.2, -0.15) is 0 Å². The molecule has 0 fully saturated rings. The van der Waals surface area contributed by atoms with Crippen LogP contribution in [0.25, 0.3) is 0 Å². The van der Waals surface area contributed by atoms with Crippen molar-refractivity contribution in [3.05, 3.63) is 89.0 Å². The molecule has 0 aliphatic heterocycles. The number of benzene rings is 3. The van der Waals surface area contributed by atoms with Crippen molar-refractivity contribution in [3.63, 3.8) is 0 Å². The van der Waals surface area contributed by atoms with E-state index in [0.717, 1.165) is 29.0 Å². The summed E-state index contributed by atoms with van der Waals surface area (Å²) in [7, 11) is 1.63. The molecule has 1 N–H and O–H groups in total. The van der Waals surface area contributed by atoms with E-state index in [4.69, 9.17) is 9.47 Å². The second kappa shape index (κ2) is 11.4. The Morgan fingerprint density at radius 3 is 2.41 bits per heavy atom. The first-order valence-corrected chi connectivity index (χ1v) is 11.3. The Labute approximate surface area is 191 Å². The number of rotatable bonds is 10. The minimum atomic E-state index is -0.155. The molecule has 168 valence electrons. The van der Waals surface area contributed by atoms with Gasteiger partial charge in [-0.05, 0) is 66.3 Å². The number of amides is 1. The maximum absolute atomic E-state index is 12.8. The van der Waals surface area contributed by atoms with Gasteiger partial charge in [0.05, 0.1) is 7.11 Å². The number of carbonyl (C=O) groups is 1. The second-order valence-electron chi connectivity index (χ2n) is 8.26. The summed E-state index contributed by atoms with van der Waals surface area (Å²) in [4.78, 5) is 12.8. The maximum atomic E-state index is 12.8. The quantitative estimate of drug-likeness (QED) is 0.376. The number of anilines is 1. The van der Waals surface area contributed by atoms with Gasteiger partial charge < -0.3 is 14.8 Å². The zero-order valence-corrected chi connectivity index (χ0v) is 19.5. The lowest BCUT2D eigenvalue weighted by atomic mass is 10.0. The van der Waals surface area contributed by atoms with Crippen LogP contribution in [0, 0.1) is 0 Å². The highest BCUT2D eigenvalue weighted by atomic mass is 16.5. The predicted octanol–water partition coefficient (Wildman–Crippen LogP) is 6.99. The van der Waals surface area contributed by atoms with Gasteiger partial charge >= 0.3 is 0 Å². The molecule has 3 aromatic carbocycles. The van der Waals surface area contributed by atoms with Crippen LogP contribution in [0.3, 0.4) is 0 Å². The lowest BCUT2D eigenvalue weighted by Gasteiger charge is -2.16. The first-order chi connectivity index (χ1) is 15.5. The molecule has 4 heteroatoms. The fourth-order valence-electron chi connectivity index (χ4n) is 3.62. The number of unbranched alkanes of at least 4 members (excludes halogenated alkanes) is 1. The number of methoxy groups -OCH3 is 1. The smallest absolute Gasteiger partial charge is 0.255 e. The summed E-state index contributed by atoms with van der Waals surface area (Å²) in [6.07, 6.45) is 3.40. The first kappa shape index (κ1) is 23.4. The van der Waals surface area contributed by atoms with Crippen LogP contribution in [0.5, 0.6) is 11.5 Å². The minimum absolute atomic E-state index is 0.155.